The van der Waals surface area contributed by atoms with E-state index in [1.807, 2.05) is 0 Å². The molecular weight excluding hydrogens is 242 g/mol. The number of hydrogen-bond acceptors (Lipinski definition) is 4. The van der Waals surface area contributed by atoms with E-state index in [9.17, 15) is 9.90 Å². The van der Waals surface area contributed by atoms with Crippen LogP contribution in [0.4, 0.5) is 0 Å². The highest BCUT2D eigenvalue weighted by molar-refractivity contribution is 5.77. The summed E-state index contributed by atoms with van der Waals surface area (Å²) in [5.41, 5.74) is 0. The van der Waals surface area contributed by atoms with Crippen molar-refractivity contribution >= 4 is 5.91 Å². The highest BCUT2D eigenvalue weighted by Gasteiger charge is 2.31. The van der Waals surface area contributed by atoms with Gasteiger partial charge in [-0.25, -0.2) is 0 Å². The molecule has 0 aromatic carbocycles. The van der Waals surface area contributed by atoms with E-state index < -0.39 is 0 Å². The predicted octanol–water partition coefficient (Wildman–Crippen LogP) is -0.0989. The zero-order chi connectivity index (χ0) is 13.7. The molecule has 2 fully saturated rings. The lowest BCUT2D eigenvalue weighted by molar-refractivity contribution is -0.122. The smallest absolute Gasteiger partial charge is 0.234 e. The molecule has 0 radical (unpaired) electrons. The number of carbonyl (C=O) groups is 1. The molecule has 0 spiro atoms. The van der Waals surface area contributed by atoms with E-state index >= 15 is 0 Å². The Kier molecular flexibility index (Phi) is 5.60. The Morgan fingerprint density at radius 1 is 1.26 bits per heavy atom. The van der Waals surface area contributed by atoms with Gasteiger partial charge in [0.15, 0.2) is 0 Å². The fourth-order valence-corrected chi connectivity index (χ4v) is 2.55. The van der Waals surface area contributed by atoms with E-state index in [1.165, 1.54) is 12.8 Å². The molecule has 5 heteroatoms. The Morgan fingerprint density at radius 2 is 1.89 bits per heavy atom. The van der Waals surface area contributed by atoms with E-state index in [2.05, 4.69) is 22.0 Å². The van der Waals surface area contributed by atoms with E-state index in [-0.39, 0.29) is 12.0 Å². The Morgan fingerprint density at radius 3 is 2.47 bits per heavy atom. The number of β-amino-alcohol motifs (C(OH)–C–C–N with tert-alkyl or cyclic N) is 1. The molecule has 2 rings (SSSR count). The molecule has 2 aliphatic rings. The fraction of sp³-hybridized carbons (Fsp3) is 0.929. The number of rotatable bonds is 7. The van der Waals surface area contributed by atoms with Crippen molar-refractivity contribution in [3.63, 3.8) is 0 Å². The zero-order valence-electron chi connectivity index (χ0n) is 12.0. The Hall–Kier alpha value is -0.650. The third-order valence-corrected chi connectivity index (χ3v) is 4.02. The van der Waals surface area contributed by atoms with Crippen molar-refractivity contribution < 1.29 is 9.90 Å². The third-order valence-electron chi connectivity index (χ3n) is 4.02. The molecule has 0 unspecified atom stereocenters. The van der Waals surface area contributed by atoms with Crippen molar-refractivity contribution in [3.8, 4) is 0 Å². The fourth-order valence-electron chi connectivity index (χ4n) is 2.55. The number of aliphatic hydroxyl groups excluding tert-OH is 1. The number of hydrogen-bond donors (Lipinski definition) is 2. The van der Waals surface area contributed by atoms with Crippen molar-refractivity contribution in [2.45, 2.75) is 32.3 Å². The lowest BCUT2D eigenvalue weighted by Crippen LogP contribution is -2.51. The second-order valence-electron chi connectivity index (χ2n) is 5.83. The van der Waals surface area contributed by atoms with Crippen molar-refractivity contribution in [1.29, 1.82) is 0 Å². The minimum Gasteiger partial charge on any atom is -0.392 e. The number of carbonyl (C=O) groups excluding carboxylic acids is 1. The first-order valence-corrected chi connectivity index (χ1v) is 7.58. The summed E-state index contributed by atoms with van der Waals surface area (Å²) in [5.74, 6) is 0.686. The molecule has 1 saturated heterocycles. The van der Waals surface area contributed by atoms with Crippen LogP contribution >= 0.6 is 0 Å². The molecule has 2 N–H and O–H groups in total. The van der Waals surface area contributed by atoms with Crippen LogP contribution in [0.1, 0.15) is 26.2 Å². The number of nitrogens with one attached hydrogen (secondary N) is 1. The van der Waals surface area contributed by atoms with Crippen LogP contribution in [0.3, 0.4) is 0 Å². The van der Waals surface area contributed by atoms with Crippen LogP contribution in [0, 0.1) is 5.92 Å². The topological polar surface area (TPSA) is 55.8 Å². The van der Waals surface area contributed by atoms with Crippen molar-refractivity contribution in [3.05, 3.63) is 0 Å². The van der Waals surface area contributed by atoms with Crippen LogP contribution in [-0.4, -0.2) is 72.7 Å². The van der Waals surface area contributed by atoms with E-state index in [0.29, 0.717) is 12.5 Å². The predicted molar refractivity (Wildman–Crippen MR) is 74.9 cm³/mol. The van der Waals surface area contributed by atoms with Gasteiger partial charge in [0.2, 0.25) is 5.91 Å². The summed E-state index contributed by atoms with van der Waals surface area (Å²) in [5, 5.41) is 12.8. The summed E-state index contributed by atoms with van der Waals surface area (Å²) < 4.78 is 0. The molecule has 1 saturated carbocycles. The van der Waals surface area contributed by atoms with Crippen LogP contribution in [0.2, 0.25) is 0 Å². The Labute approximate surface area is 115 Å². The van der Waals surface area contributed by atoms with Gasteiger partial charge in [0.25, 0.3) is 0 Å². The number of piperazine rings is 1. The first-order chi connectivity index (χ1) is 9.19. The minimum atomic E-state index is -0.139. The second-order valence-corrected chi connectivity index (χ2v) is 5.83. The monoisotopic (exact) mass is 269 g/mol. The lowest BCUT2D eigenvalue weighted by Gasteiger charge is -2.35. The maximum atomic E-state index is 11.6. The highest BCUT2D eigenvalue weighted by atomic mass is 16.3. The van der Waals surface area contributed by atoms with Gasteiger partial charge in [0.05, 0.1) is 12.6 Å². The summed E-state index contributed by atoms with van der Waals surface area (Å²) in [7, 11) is 0. The first kappa shape index (κ1) is 14.8. The molecule has 5 nitrogen and oxygen atoms in total. The van der Waals surface area contributed by atoms with E-state index in [4.69, 9.17) is 0 Å². The van der Waals surface area contributed by atoms with Gasteiger partial charge in [-0.15, -0.1) is 0 Å². The molecule has 1 atom stereocenters. The molecular formula is C14H27N3O2. The largest absolute Gasteiger partial charge is 0.392 e. The van der Waals surface area contributed by atoms with Crippen LogP contribution in [-0.2, 0) is 4.79 Å². The van der Waals surface area contributed by atoms with Gasteiger partial charge in [0, 0.05) is 39.3 Å². The molecule has 0 bridgehead atoms. The van der Waals surface area contributed by atoms with Gasteiger partial charge in [-0.05, 0) is 25.2 Å². The normalized spacial score (nSPS) is 23.3. The number of amides is 1. The highest BCUT2D eigenvalue weighted by Crippen LogP contribution is 2.32. The summed E-state index contributed by atoms with van der Waals surface area (Å²) in [4.78, 5) is 16.1. The molecule has 1 amide bonds. The second kappa shape index (κ2) is 7.22. The SMILES string of the molecule is CCCNC(=O)CN1CCN(C[C@H](O)C2CC2)CC1. The minimum absolute atomic E-state index is 0.133. The Balaban J connectivity index is 1.60. The first-order valence-electron chi connectivity index (χ1n) is 7.58. The maximum Gasteiger partial charge on any atom is 0.234 e. The van der Waals surface area contributed by atoms with Gasteiger partial charge in [-0.2, -0.15) is 0 Å². The van der Waals surface area contributed by atoms with Crippen molar-refractivity contribution in [2.75, 3.05) is 45.8 Å². The van der Waals surface area contributed by atoms with Crippen LogP contribution in [0.5, 0.6) is 0 Å². The van der Waals surface area contributed by atoms with Gasteiger partial charge in [-0.1, -0.05) is 6.92 Å². The van der Waals surface area contributed by atoms with E-state index in [0.717, 1.165) is 45.7 Å². The zero-order valence-corrected chi connectivity index (χ0v) is 12.0. The quantitative estimate of drug-likeness (QED) is 0.678. The third kappa shape index (κ3) is 5.09. The summed E-state index contributed by atoms with van der Waals surface area (Å²) >= 11 is 0. The lowest BCUT2D eigenvalue weighted by atomic mass is 10.2. The standard InChI is InChI=1S/C14H27N3O2/c1-2-5-15-14(19)11-17-8-6-16(7-9-17)10-13(18)12-3-4-12/h12-13,18H,2-11H2,1H3,(H,15,19)/t13-/m0/s1. The van der Waals surface area contributed by atoms with E-state index in [1.54, 1.807) is 0 Å². The van der Waals surface area contributed by atoms with Crippen molar-refractivity contribution in [1.82, 2.24) is 15.1 Å². The summed E-state index contributed by atoms with van der Waals surface area (Å²) in [6, 6.07) is 0. The van der Waals surface area contributed by atoms with Crippen LogP contribution in [0.15, 0.2) is 0 Å². The van der Waals surface area contributed by atoms with Gasteiger partial charge >= 0.3 is 0 Å². The molecule has 110 valence electrons. The molecule has 0 aromatic rings. The van der Waals surface area contributed by atoms with Crippen LogP contribution < -0.4 is 5.32 Å². The molecule has 0 aromatic heterocycles. The maximum absolute atomic E-state index is 11.6. The molecule has 1 heterocycles. The van der Waals surface area contributed by atoms with Crippen LogP contribution in [0.25, 0.3) is 0 Å². The Bertz CT molecular complexity index is 286. The van der Waals surface area contributed by atoms with Gasteiger partial charge in [0.1, 0.15) is 0 Å². The number of nitrogens with zero attached hydrogens (tertiary/aromatic N) is 2. The number of aliphatic hydroxyl groups is 1. The van der Waals surface area contributed by atoms with Gasteiger partial charge in [-0.3, -0.25) is 14.6 Å². The van der Waals surface area contributed by atoms with Crippen molar-refractivity contribution in [2.24, 2.45) is 5.92 Å². The summed E-state index contributed by atoms with van der Waals surface area (Å²) in [6.07, 6.45) is 3.23. The van der Waals surface area contributed by atoms with Gasteiger partial charge < -0.3 is 10.4 Å². The molecule has 19 heavy (non-hydrogen) atoms. The average molecular weight is 269 g/mol. The summed E-state index contributed by atoms with van der Waals surface area (Å²) in [6.45, 7) is 7.93. The molecule has 1 aliphatic carbocycles. The average Bonchev–Trinajstić information content (AvgIpc) is 3.23. The molecule has 1 aliphatic heterocycles.